The number of hydroxylamine groups is 1. The molecule has 0 bridgehead atoms. The van der Waals surface area contributed by atoms with Gasteiger partial charge in [0.25, 0.3) is 15.9 Å². The normalized spacial score (nSPS) is 12.1. The van der Waals surface area contributed by atoms with Crippen molar-refractivity contribution in [2.24, 2.45) is 0 Å². The standard InChI is InChI=1S/C27H26N4O7S2/c1-5-31(37-4)40(33,34)20-12-8-18(9-13-20)25(38-19-10-6-17(16-28)7-11-19)26(32)30-27-29-21-14-22(35-2)23(36-3)15-24(21)39-27/h6-15,25H,5H2,1-4H3,(H,29,30,32). The van der Waals surface area contributed by atoms with Crippen molar-refractivity contribution in [1.29, 1.82) is 5.26 Å². The van der Waals surface area contributed by atoms with Gasteiger partial charge in [0.05, 0.1) is 48.1 Å². The number of sulfonamides is 1. The average Bonchev–Trinajstić information content (AvgIpc) is 3.36. The molecule has 1 amide bonds. The number of fused-ring (bicyclic) bond motifs is 1. The minimum Gasteiger partial charge on any atom is -0.493 e. The van der Waals surface area contributed by atoms with E-state index in [1.165, 1.54) is 56.9 Å². The lowest BCUT2D eigenvalue weighted by molar-refractivity contribution is -0.123. The number of hydrogen-bond acceptors (Lipinski definition) is 10. The molecule has 1 unspecified atom stereocenters. The second kappa shape index (κ2) is 12.3. The first kappa shape index (κ1) is 28.8. The smallest absolute Gasteiger partial charge is 0.271 e. The minimum absolute atomic E-state index is 0.00783. The lowest BCUT2D eigenvalue weighted by Gasteiger charge is -2.20. The minimum atomic E-state index is -3.90. The fourth-order valence-electron chi connectivity index (χ4n) is 3.83. The molecule has 13 heteroatoms. The molecule has 4 aromatic rings. The highest BCUT2D eigenvalue weighted by molar-refractivity contribution is 7.89. The van der Waals surface area contributed by atoms with E-state index < -0.39 is 22.0 Å². The predicted molar refractivity (Wildman–Crippen MR) is 149 cm³/mol. The highest BCUT2D eigenvalue weighted by Gasteiger charge is 2.27. The first-order valence-electron chi connectivity index (χ1n) is 11.9. The number of ether oxygens (including phenoxy) is 3. The summed E-state index contributed by atoms with van der Waals surface area (Å²) in [5, 5.41) is 12.2. The summed E-state index contributed by atoms with van der Waals surface area (Å²) in [4.78, 5) is 23.0. The van der Waals surface area contributed by atoms with Crippen molar-refractivity contribution in [2.45, 2.75) is 17.9 Å². The highest BCUT2D eigenvalue weighted by atomic mass is 32.2. The van der Waals surface area contributed by atoms with Crippen LogP contribution >= 0.6 is 11.3 Å². The van der Waals surface area contributed by atoms with E-state index in [-0.39, 0.29) is 11.4 Å². The second-order valence-electron chi connectivity index (χ2n) is 8.19. The van der Waals surface area contributed by atoms with Gasteiger partial charge in [-0.1, -0.05) is 27.9 Å². The molecule has 0 saturated heterocycles. The Balaban J connectivity index is 1.66. The maximum absolute atomic E-state index is 13.5. The van der Waals surface area contributed by atoms with Gasteiger partial charge in [-0.2, -0.15) is 5.26 Å². The molecule has 1 N–H and O–H groups in total. The van der Waals surface area contributed by atoms with Crippen LogP contribution < -0.4 is 19.5 Å². The zero-order chi connectivity index (χ0) is 28.9. The first-order valence-corrected chi connectivity index (χ1v) is 14.2. The number of thiazole rings is 1. The monoisotopic (exact) mass is 582 g/mol. The summed E-state index contributed by atoms with van der Waals surface area (Å²) in [5.41, 5.74) is 1.43. The summed E-state index contributed by atoms with van der Waals surface area (Å²) >= 11 is 1.24. The molecule has 4 rings (SSSR count). The molecule has 0 saturated carbocycles. The number of methoxy groups -OCH3 is 2. The Morgan fingerprint density at radius 2 is 1.70 bits per heavy atom. The molecule has 40 heavy (non-hydrogen) atoms. The van der Waals surface area contributed by atoms with Gasteiger partial charge in [0.2, 0.25) is 6.10 Å². The fraction of sp³-hybridized carbons (Fsp3) is 0.222. The van der Waals surface area contributed by atoms with Crippen LogP contribution in [0.3, 0.4) is 0 Å². The Kier molecular flexibility index (Phi) is 8.86. The summed E-state index contributed by atoms with van der Waals surface area (Å²) in [7, 11) is 0.433. The molecule has 1 heterocycles. The lowest BCUT2D eigenvalue weighted by atomic mass is 10.1. The Hall–Kier alpha value is -4.22. The van der Waals surface area contributed by atoms with E-state index in [1.807, 2.05) is 6.07 Å². The summed E-state index contributed by atoms with van der Waals surface area (Å²) in [6.07, 6.45) is -1.18. The van der Waals surface area contributed by atoms with Gasteiger partial charge in [-0.3, -0.25) is 14.9 Å². The average molecular weight is 583 g/mol. The molecule has 1 atom stereocenters. The third-order valence-corrected chi connectivity index (χ3v) is 8.55. The number of nitrogens with one attached hydrogen (secondary N) is 1. The number of anilines is 1. The van der Waals surface area contributed by atoms with E-state index in [0.29, 0.717) is 39.0 Å². The molecular weight excluding hydrogens is 556 g/mol. The molecule has 0 fully saturated rings. The fourth-order valence-corrected chi connectivity index (χ4v) is 5.96. The highest BCUT2D eigenvalue weighted by Crippen LogP contribution is 2.36. The van der Waals surface area contributed by atoms with Crippen LogP contribution in [-0.4, -0.2) is 51.7 Å². The Morgan fingerprint density at radius 1 is 1.05 bits per heavy atom. The Labute approximate surface area is 235 Å². The number of carbonyl (C=O) groups is 1. The SMILES string of the molecule is CCN(OC)S(=O)(=O)c1ccc(C(Oc2ccc(C#N)cc2)C(=O)Nc2nc3cc(OC)c(OC)cc3s2)cc1. The third-order valence-electron chi connectivity index (χ3n) is 5.81. The molecule has 1 aromatic heterocycles. The maximum atomic E-state index is 13.5. The number of aromatic nitrogens is 1. The maximum Gasteiger partial charge on any atom is 0.271 e. The number of hydrogen-bond donors (Lipinski definition) is 1. The molecule has 208 valence electrons. The Bertz CT molecular complexity index is 1600. The van der Waals surface area contributed by atoms with Crippen molar-refractivity contribution in [3.05, 3.63) is 71.8 Å². The summed E-state index contributed by atoms with van der Waals surface area (Å²) < 4.78 is 44.0. The van der Waals surface area contributed by atoms with Gasteiger partial charge >= 0.3 is 0 Å². The predicted octanol–water partition coefficient (Wildman–Crippen LogP) is 4.52. The van der Waals surface area contributed by atoms with Crippen LogP contribution in [0.4, 0.5) is 5.13 Å². The van der Waals surface area contributed by atoms with Crippen LogP contribution in [0, 0.1) is 11.3 Å². The summed E-state index contributed by atoms with van der Waals surface area (Å²) in [6.45, 7) is 1.77. The lowest BCUT2D eigenvalue weighted by Crippen LogP contribution is -2.30. The van der Waals surface area contributed by atoms with E-state index in [9.17, 15) is 13.2 Å². The zero-order valence-corrected chi connectivity index (χ0v) is 23.7. The van der Waals surface area contributed by atoms with Crippen molar-refractivity contribution >= 4 is 42.6 Å². The number of carbonyl (C=O) groups excluding carboxylic acids is 1. The third kappa shape index (κ3) is 6.00. The van der Waals surface area contributed by atoms with Crippen LogP contribution in [-0.2, 0) is 19.7 Å². The summed E-state index contributed by atoms with van der Waals surface area (Å²) in [5.74, 6) is 0.838. The van der Waals surface area contributed by atoms with E-state index >= 15 is 0 Å². The second-order valence-corrected chi connectivity index (χ2v) is 11.1. The summed E-state index contributed by atoms with van der Waals surface area (Å²) in [6, 6.07) is 17.6. The van der Waals surface area contributed by atoms with Gasteiger partial charge in [0.1, 0.15) is 5.75 Å². The quantitative estimate of drug-likeness (QED) is 0.253. The van der Waals surface area contributed by atoms with Crippen LogP contribution in [0.15, 0.2) is 65.6 Å². The van der Waals surface area contributed by atoms with Crippen molar-refractivity contribution in [3.8, 4) is 23.3 Å². The van der Waals surface area contributed by atoms with Crippen LogP contribution in [0.1, 0.15) is 24.2 Å². The van der Waals surface area contributed by atoms with Gasteiger partial charge in [-0.15, -0.1) is 0 Å². The van der Waals surface area contributed by atoms with E-state index in [2.05, 4.69) is 10.3 Å². The van der Waals surface area contributed by atoms with Crippen LogP contribution in [0.5, 0.6) is 17.2 Å². The van der Waals surface area contributed by atoms with Crippen molar-refractivity contribution in [3.63, 3.8) is 0 Å². The molecule has 0 radical (unpaired) electrons. The number of nitrogens with zero attached hydrogens (tertiary/aromatic N) is 3. The van der Waals surface area contributed by atoms with Gasteiger partial charge in [0, 0.05) is 24.2 Å². The van der Waals surface area contributed by atoms with E-state index in [0.717, 1.165) is 9.17 Å². The number of benzene rings is 3. The molecule has 0 aliphatic carbocycles. The molecule has 11 nitrogen and oxygen atoms in total. The Morgan fingerprint density at radius 3 is 2.27 bits per heavy atom. The van der Waals surface area contributed by atoms with Gasteiger partial charge in [0.15, 0.2) is 16.6 Å². The number of rotatable bonds is 11. The molecule has 0 aliphatic rings. The van der Waals surface area contributed by atoms with Crippen molar-refractivity contribution < 1.29 is 32.3 Å². The van der Waals surface area contributed by atoms with Gasteiger partial charge < -0.3 is 14.2 Å². The molecular formula is C27H26N4O7S2. The zero-order valence-electron chi connectivity index (χ0n) is 22.1. The topological polar surface area (TPSA) is 140 Å². The van der Waals surface area contributed by atoms with Crippen LogP contribution in [0.2, 0.25) is 0 Å². The largest absolute Gasteiger partial charge is 0.493 e. The van der Waals surface area contributed by atoms with E-state index in [4.69, 9.17) is 24.3 Å². The van der Waals surface area contributed by atoms with E-state index in [1.54, 1.807) is 43.3 Å². The van der Waals surface area contributed by atoms with Crippen LogP contribution in [0.25, 0.3) is 10.2 Å². The first-order chi connectivity index (χ1) is 19.2. The number of nitriles is 1. The van der Waals surface area contributed by atoms with Crippen molar-refractivity contribution in [1.82, 2.24) is 9.45 Å². The van der Waals surface area contributed by atoms with Crippen molar-refractivity contribution in [2.75, 3.05) is 33.2 Å². The molecule has 3 aromatic carbocycles. The molecule has 0 spiro atoms. The number of amides is 1. The molecule has 0 aliphatic heterocycles. The van der Waals surface area contributed by atoms with Gasteiger partial charge in [-0.25, -0.2) is 13.4 Å². The van der Waals surface area contributed by atoms with Gasteiger partial charge in [-0.05, 0) is 43.3 Å².